The monoisotopic (exact) mass is 265 g/mol. The molecule has 1 saturated heterocycles. The first kappa shape index (κ1) is 15.4. The summed E-state index contributed by atoms with van der Waals surface area (Å²) >= 11 is 0. The van der Waals surface area contributed by atoms with Crippen molar-refractivity contribution in [2.75, 3.05) is 6.54 Å². The van der Waals surface area contributed by atoms with Crippen molar-refractivity contribution in [3.05, 3.63) is 0 Å². The van der Waals surface area contributed by atoms with Gasteiger partial charge in [0, 0.05) is 12.6 Å². The van der Waals surface area contributed by atoms with E-state index in [0.29, 0.717) is 27.7 Å². The average molecular weight is 265 g/mol. The average Bonchev–Trinajstić information content (AvgIpc) is 3.03. The van der Waals surface area contributed by atoms with Gasteiger partial charge in [0.15, 0.2) is 0 Å². The predicted molar refractivity (Wildman–Crippen MR) is 84.3 cm³/mol. The van der Waals surface area contributed by atoms with Crippen LogP contribution >= 0.6 is 0 Å². The zero-order valence-corrected chi connectivity index (χ0v) is 14.3. The predicted octanol–water partition coefficient (Wildman–Crippen LogP) is 5.01. The van der Waals surface area contributed by atoms with Gasteiger partial charge in [-0.1, -0.05) is 54.9 Å². The molecule has 19 heavy (non-hydrogen) atoms. The Kier molecular flexibility index (Phi) is 3.62. The van der Waals surface area contributed by atoms with Gasteiger partial charge in [0.1, 0.15) is 0 Å². The van der Waals surface area contributed by atoms with Crippen LogP contribution in [0.2, 0.25) is 0 Å². The summed E-state index contributed by atoms with van der Waals surface area (Å²) in [7, 11) is 0. The Labute approximate surface area is 120 Å². The highest BCUT2D eigenvalue weighted by atomic mass is 15.0. The van der Waals surface area contributed by atoms with Crippen molar-refractivity contribution in [3.8, 4) is 0 Å². The summed E-state index contributed by atoms with van der Waals surface area (Å²) in [5.74, 6) is 0. The van der Waals surface area contributed by atoms with Crippen molar-refractivity contribution in [1.82, 2.24) is 5.32 Å². The highest BCUT2D eigenvalue weighted by Crippen LogP contribution is 2.81. The molecule has 1 aliphatic heterocycles. The molecular formula is C18H35N. The van der Waals surface area contributed by atoms with Crippen LogP contribution in [0.5, 0.6) is 0 Å². The molecule has 2 aliphatic rings. The third-order valence-corrected chi connectivity index (χ3v) is 7.72. The van der Waals surface area contributed by atoms with Crippen LogP contribution in [0.25, 0.3) is 0 Å². The molecule has 1 saturated carbocycles. The summed E-state index contributed by atoms with van der Waals surface area (Å²) in [4.78, 5) is 0. The van der Waals surface area contributed by atoms with Gasteiger partial charge in [0.05, 0.1) is 0 Å². The van der Waals surface area contributed by atoms with E-state index >= 15 is 0 Å². The summed E-state index contributed by atoms with van der Waals surface area (Å²) in [6, 6.07) is 0.688. The van der Waals surface area contributed by atoms with Gasteiger partial charge in [-0.15, -0.1) is 0 Å². The first-order valence-corrected chi connectivity index (χ1v) is 8.48. The van der Waals surface area contributed by atoms with Gasteiger partial charge in [-0.25, -0.2) is 0 Å². The second-order valence-corrected chi connectivity index (χ2v) is 8.30. The molecule has 112 valence electrons. The third kappa shape index (κ3) is 1.69. The lowest BCUT2D eigenvalue weighted by molar-refractivity contribution is 0.0609. The molecule has 0 aromatic rings. The standard InChI is InChI=1S/C18H35N/c1-8-11-14-15(4,5)18(10-3)12-17(18,7)16(6,9-2)13-19-14/h14,19H,8-13H2,1-7H3. The fraction of sp³-hybridized carbons (Fsp3) is 1.00. The van der Waals surface area contributed by atoms with Crippen molar-refractivity contribution >= 4 is 0 Å². The molecule has 0 amide bonds. The van der Waals surface area contributed by atoms with Crippen molar-refractivity contribution in [3.63, 3.8) is 0 Å². The smallest absolute Gasteiger partial charge is 0.0124 e. The summed E-state index contributed by atoms with van der Waals surface area (Å²) in [5.41, 5.74) is 1.96. The zero-order chi connectivity index (χ0) is 14.5. The van der Waals surface area contributed by atoms with Gasteiger partial charge >= 0.3 is 0 Å². The number of hydrogen-bond donors (Lipinski definition) is 1. The van der Waals surface area contributed by atoms with E-state index in [0.717, 1.165) is 0 Å². The van der Waals surface area contributed by atoms with Crippen molar-refractivity contribution in [1.29, 1.82) is 0 Å². The number of fused-ring (bicyclic) bond motifs is 1. The molecule has 1 heteroatoms. The van der Waals surface area contributed by atoms with Crippen molar-refractivity contribution < 1.29 is 0 Å². The Morgan fingerprint density at radius 2 is 1.63 bits per heavy atom. The maximum Gasteiger partial charge on any atom is 0.0124 e. The van der Waals surface area contributed by atoms with Crippen LogP contribution in [0.3, 0.4) is 0 Å². The quantitative estimate of drug-likeness (QED) is 0.753. The molecular weight excluding hydrogens is 230 g/mol. The summed E-state index contributed by atoms with van der Waals surface area (Å²) < 4.78 is 0. The van der Waals surface area contributed by atoms with E-state index in [1.165, 1.54) is 38.6 Å². The molecule has 0 aromatic heterocycles. The fourth-order valence-corrected chi connectivity index (χ4v) is 5.66. The lowest BCUT2D eigenvalue weighted by atomic mass is 9.60. The molecule has 1 nitrogen and oxygen atoms in total. The van der Waals surface area contributed by atoms with Gasteiger partial charge in [-0.3, -0.25) is 0 Å². The van der Waals surface area contributed by atoms with Crippen LogP contribution in [0.4, 0.5) is 0 Å². The first-order chi connectivity index (χ1) is 8.74. The highest BCUT2D eigenvalue weighted by Gasteiger charge is 2.76. The van der Waals surface area contributed by atoms with Gasteiger partial charge in [0.25, 0.3) is 0 Å². The van der Waals surface area contributed by atoms with E-state index in [1.54, 1.807) is 0 Å². The largest absolute Gasteiger partial charge is 0.313 e. The second kappa shape index (κ2) is 4.48. The summed E-state index contributed by atoms with van der Waals surface area (Å²) in [5, 5.41) is 3.96. The number of nitrogens with one attached hydrogen (secondary N) is 1. The Bertz CT molecular complexity index is 348. The highest BCUT2D eigenvalue weighted by molar-refractivity contribution is 5.26. The summed E-state index contributed by atoms with van der Waals surface area (Å²) in [6.45, 7) is 18.5. The van der Waals surface area contributed by atoms with E-state index in [4.69, 9.17) is 0 Å². The molecule has 4 unspecified atom stereocenters. The van der Waals surface area contributed by atoms with Crippen LogP contribution in [-0.2, 0) is 0 Å². The van der Waals surface area contributed by atoms with E-state index < -0.39 is 0 Å². The number of rotatable bonds is 4. The zero-order valence-electron chi connectivity index (χ0n) is 14.3. The van der Waals surface area contributed by atoms with Gasteiger partial charge in [-0.2, -0.15) is 0 Å². The molecule has 0 bridgehead atoms. The van der Waals surface area contributed by atoms with Crippen LogP contribution in [0, 0.1) is 21.7 Å². The minimum absolute atomic E-state index is 0.416. The molecule has 1 aliphatic carbocycles. The van der Waals surface area contributed by atoms with E-state index in [2.05, 4.69) is 53.8 Å². The molecule has 2 rings (SSSR count). The lowest BCUT2D eigenvalue weighted by Crippen LogP contribution is -2.46. The normalized spacial score (nSPS) is 48.5. The summed E-state index contributed by atoms with van der Waals surface area (Å²) in [6.07, 6.45) is 6.70. The van der Waals surface area contributed by atoms with Gasteiger partial charge < -0.3 is 5.32 Å². The fourth-order valence-electron chi connectivity index (χ4n) is 5.66. The minimum Gasteiger partial charge on any atom is -0.313 e. The maximum atomic E-state index is 3.96. The molecule has 0 radical (unpaired) electrons. The van der Waals surface area contributed by atoms with E-state index in [9.17, 15) is 0 Å². The lowest BCUT2D eigenvalue weighted by Gasteiger charge is -2.44. The Balaban J connectivity index is 2.44. The molecule has 1 heterocycles. The number of hydrogen-bond acceptors (Lipinski definition) is 1. The topological polar surface area (TPSA) is 12.0 Å². The van der Waals surface area contributed by atoms with Crippen LogP contribution in [0.15, 0.2) is 0 Å². The SMILES string of the molecule is CCCC1NCC(C)(CC)C2(C)CC2(CC)C1(C)C. The van der Waals surface area contributed by atoms with Crippen LogP contribution < -0.4 is 5.32 Å². The Hall–Kier alpha value is -0.0400. The van der Waals surface area contributed by atoms with Crippen LogP contribution in [0.1, 0.15) is 80.6 Å². The van der Waals surface area contributed by atoms with Gasteiger partial charge in [-0.05, 0) is 47.3 Å². The van der Waals surface area contributed by atoms with Crippen molar-refractivity contribution in [2.24, 2.45) is 21.7 Å². The van der Waals surface area contributed by atoms with Crippen molar-refractivity contribution in [2.45, 2.75) is 86.6 Å². The Morgan fingerprint density at radius 3 is 2.11 bits per heavy atom. The van der Waals surface area contributed by atoms with Crippen LogP contribution in [-0.4, -0.2) is 12.6 Å². The molecule has 0 spiro atoms. The molecule has 0 aromatic carbocycles. The minimum atomic E-state index is 0.416. The molecule has 4 atom stereocenters. The molecule has 1 N–H and O–H groups in total. The maximum absolute atomic E-state index is 3.96. The van der Waals surface area contributed by atoms with Gasteiger partial charge in [0.2, 0.25) is 0 Å². The van der Waals surface area contributed by atoms with E-state index in [1.807, 2.05) is 0 Å². The molecule has 2 fully saturated rings. The second-order valence-electron chi connectivity index (χ2n) is 8.30. The first-order valence-electron chi connectivity index (χ1n) is 8.48. The Morgan fingerprint density at radius 1 is 1.00 bits per heavy atom. The third-order valence-electron chi connectivity index (χ3n) is 7.72. The van der Waals surface area contributed by atoms with E-state index in [-0.39, 0.29) is 0 Å².